The van der Waals surface area contributed by atoms with Crippen molar-refractivity contribution in [1.29, 1.82) is 0 Å². The van der Waals surface area contributed by atoms with Crippen molar-refractivity contribution in [2.24, 2.45) is 0 Å². The molecule has 0 radical (unpaired) electrons. The Morgan fingerprint density at radius 1 is 1.28 bits per heavy atom. The predicted octanol–water partition coefficient (Wildman–Crippen LogP) is 2.98. The van der Waals surface area contributed by atoms with Gasteiger partial charge in [-0.15, -0.1) is 0 Å². The summed E-state index contributed by atoms with van der Waals surface area (Å²) in [4.78, 5) is 36.2. The molecule has 1 fully saturated rings. The van der Waals surface area contributed by atoms with Gasteiger partial charge in [0, 0.05) is 36.4 Å². The molecule has 0 saturated carbocycles. The zero-order chi connectivity index (χ0) is 21.3. The molecule has 1 saturated heterocycles. The summed E-state index contributed by atoms with van der Waals surface area (Å²) in [6, 6.07) is 5.80. The molecule has 3 rings (SSSR count). The van der Waals surface area contributed by atoms with Gasteiger partial charge in [-0.25, -0.2) is 9.59 Å². The molecule has 2 unspecified atom stereocenters. The molecule has 0 aromatic heterocycles. The Morgan fingerprint density at radius 3 is 2.52 bits per heavy atom. The molecule has 154 valence electrons. The maximum absolute atomic E-state index is 13.1. The van der Waals surface area contributed by atoms with Gasteiger partial charge in [-0.2, -0.15) is 0 Å². The van der Waals surface area contributed by atoms with E-state index in [0.717, 1.165) is 6.42 Å². The van der Waals surface area contributed by atoms with Crippen LogP contribution < -0.4 is 5.32 Å². The van der Waals surface area contributed by atoms with Crippen LogP contribution in [0.15, 0.2) is 46.8 Å². The third-order valence-electron chi connectivity index (χ3n) is 5.15. The van der Waals surface area contributed by atoms with Gasteiger partial charge >= 0.3 is 11.9 Å². The van der Waals surface area contributed by atoms with Gasteiger partial charge < -0.3 is 19.9 Å². The number of esters is 1. The van der Waals surface area contributed by atoms with Gasteiger partial charge in [-0.3, -0.25) is 10.1 Å². The average Bonchev–Trinajstić information content (AvgIpc) is 3.06. The summed E-state index contributed by atoms with van der Waals surface area (Å²) in [5.74, 6) is -4.32. The van der Waals surface area contributed by atoms with E-state index in [1.165, 1.54) is 18.2 Å². The van der Waals surface area contributed by atoms with Crippen molar-refractivity contribution in [1.82, 2.24) is 5.32 Å². The van der Waals surface area contributed by atoms with Crippen molar-refractivity contribution in [3.8, 4) is 0 Å². The molecule has 29 heavy (non-hydrogen) atoms. The fourth-order valence-corrected chi connectivity index (χ4v) is 3.84. The van der Waals surface area contributed by atoms with E-state index in [-0.39, 0.29) is 22.4 Å². The fraction of sp³-hybridized carbons (Fsp3) is 0.400. The van der Waals surface area contributed by atoms with Crippen LogP contribution in [0.5, 0.6) is 0 Å². The molecule has 2 aliphatic rings. The van der Waals surface area contributed by atoms with E-state index >= 15 is 0 Å². The van der Waals surface area contributed by atoms with Crippen LogP contribution in [0.4, 0.5) is 5.69 Å². The van der Waals surface area contributed by atoms with Gasteiger partial charge in [0.05, 0.1) is 28.6 Å². The second-order valence-electron chi connectivity index (χ2n) is 7.23. The van der Waals surface area contributed by atoms with Crippen molar-refractivity contribution < 1.29 is 29.1 Å². The molecule has 9 heteroatoms. The van der Waals surface area contributed by atoms with Gasteiger partial charge in [0.1, 0.15) is 0 Å². The fourth-order valence-electron chi connectivity index (χ4n) is 3.84. The second kappa shape index (κ2) is 7.67. The number of carbonyl (C=O) groups excluding carboxylic acids is 1. The van der Waals surface area contributed by atoms with Gasteiger partial charge in [0.25, 0.3) is 5.69 Å². The normalized spacial score (nSPS) is 24.3. The molecule has 0 spiro atoms. The van der Waals surface area contributed by atoms with Crippen molar-refractivity contribution in [3.05, 3.63) is 62.5 Å². The number of carbonyl (C=O) groups is 2. The minimum absolute atomic E-state index is 0.0130. The highest BCUT2D eigenvalue weighted by Gasteiger charge is 2.43. The largest absolute Gasteiger partial charge is 0.478 e. The number of benzene rings is 1. The first kappa shape index (κ1) is 20.5. The Kier molecular flexibility index (Phi) is 5.43. The summed E-state index contributed by atoms with van der Waals surface area (Å²) in [6.07, 6.45) is 1.24. The number of rotatable bonds is 5. The van der Waals surface area contributed by atoms with E-state index in [1.54, 1.807) is 26.8 Å². The van der Waals surface area contributed by atoms with Crippen molar-refractivity contribution in [3.63, 3.8) is 0 Å². The van der Waals surface area contributed by atoms with E-state index in [1.807, 2.05) is 0 Å². The number of hydrogen-bond donors (Lipinski definition) is 2. The van der Waals surface area contributed by atoms with Crippen LogP contribution in [-0.2, 0) is 19.1 Å². The Labute approximate surface area is 167 Å². The Morgan fingerprint density at radius 2 is 1.93 bits per heavy atom. The van der Waals surface area contributed by atoms with Crippen LogP contribution in [-0.4, -0.2) is 34.4 Å². The zero-order valence-electron chi connectivity index (χ0n) is 16.4. The first-order valence-electron chi connectivity index (χ1n) is 9.17. The lowest BCUT2D eigenvalue weighted by atomic mass is 9.79. The first-order chi connectivity index (χ1) is 13.6. The SMILES string of the molecule is CC1=C(C(=O)O)C(c2ccccc2[N+](=O)[O-])C(C(=O)OC2(C)CCCO2)=C(C)N1. The Hall–Kier alpha value is -3.20. The third-order valence-corrected chi connectivity index (χ3v) is 5.15. The minimum Gasteiger partial charge on any atom is -0.478 e. The number of nitrogens with zero attached hydrogens (tertiary/aromatic N) is 1. The van der Waals surface area contributed by atoms with E-state index in [4.69, 9.17) is 9.47 Å². The molecule has 0 aliphatic carbocycles. The maximum Gasteiger partial charge on any atom is 0.339 e. The lowest BCUT2D eigenvalue weighted by molar-refractivity contribution is -0.385. The number of carboxylic acid groups (broad SMARTS) is 1. The number of nitro benzene ring substituents is 1. The van der Waals surface area contributed by atoms with Crippen molar-refractivity contribution in [2.75, 3.05) is 6.61 Å². The molecular weight excluding hydrogens is 380 g/mol. The molecule has 2 N–H and O–H groups in total. The van der Waals surface area contributed by atoms with Crippen LogP contribution in [0, 0.1) is 10.1 Å². The standard InChI is InChI=1S/C20H22N2O7/c1-11-15(18(23)24)17(13-7-4-5-8-14(13)22(26)27)16(12(2)21-11)19(25)29-20(3)9-6-10-28-20/h4-5,7-8,17,21H,6,9-10H2,1-3H3,(H,23,24). The highest BCUT2D eigenvalue weighted by molar-refractivity contribution is 5.99. The smallest absolute Gasteiger partial charge is 0.339 e. The third kappa shape index (κ3) is 3.86. The number of hydrogen-bond acceptors (Lipinski definition) is 7. The number of allylic oxidation sites excluding steroid dienone is 2. The Bertz CT molecular complexity index is 942. The monoisotopic (exact) mass is 402 g/mol. The average molecular weight is 402 g/mol. The summed E-state index contributed by atoms with van der Waals surface area (Å²) in [7, 11) is 0. The van der Waals surface area contributed by atoms with E-state index < -0.39 is 28.6 Å². The van der Waals surface area contributed by atoms with Crippen LogP contribution in [0.25, 0.3) is 0 Å². The molecule has 1 aromatic rings. The lowest BCUT2D eigenvalue weighted by Crippen LogP contribution is -2.36. The Balaban J connectivity index is 2.15. The summed E-state index contributed by atoms with van der Waals surface area (Å²) >= 11 is 0. The molecular formula is C20H22N2O7. The second-order valence-corrected chi connectivity index (χ2v) is 7.23. The number of aliphatic carboxylic acids is 1. The summed E-state index contributed by atoms with van der Waals surface area (Å²) < 4.78 is 11.1. The van der Waals surface area contributed by atoms with Gasteiger partial charge in [0.15, 0.2) is 0 Å². The quantitative estimate of drug-likeness (QED) is 0.437. The summed E-state index contributed by atoms with van der Waals surface area (Å²) in [5.41, 5.74) is 0.389. The topological polar surface area (TPSA) is 128 Å². The molecule has 1 aromatic carbocycles. The predicted molar refractivity (Wildman–Crippen MR) is 102 cm³/mol. The zero-order valence-corrected chi connectivity index (χ0v) is 16.4. The molecule has 2 aliphatic heterocycles. The van der Waals surface area contributed by atoms with E-state index in [0.29, 0.717) is 24.4 Å². The van der Waals surface area contributed by atoms with Crippen molar-refractivity contribution >= 4 is 17.6 Å². The first-order valence-corrected chi connectivity index (χ1v) is 9.17. The number of ether oxygens (including phenoxy) is 2. The molecule has 2 heterocycles. The molecule has 2 atom stereocenters. The van der Waals surface area contributed by atoms with Gasteiger partial charge in [-0.1, -0.05) is 18.2 Å². The van der Waals surface area contributed by atoms with Gasteiger partial charge in [-0.05, 0) is 20.3 Å². The number of nitrogens with one attached hydrogen (secondary N) is 1. The van der Waals surface area contributed by atoms with E-state index in [9.17, 15) is 24.8 Å². The lowest BCUT2D eigenvalue weighted by Gasteiger charge is -2.31. The van der Waals surface area contributed by atoms with Gasteiger partial charge in [0.2, 0.25) is 5.79 Å². The minimum atomic E-state index is -1.28. The van der Waals surface area contributed by atoms with Crippen LogP contribution in [0.2, 0.25) is 0 Å². The number of para-hydroxylation sites is 1. The number of carboxylic acids is 1. The van der Waals surface area contributed by atoms with Crippen LogP contribution in [0.3, 0.4) is 0 Å². The number of dihydropyridines is 1. The van der Waals surface area contributed by atoms with E-state index in [2.05, 4.69) is 5.32 Å². The highest BCUT2D eigenvalue weighted by Crippen LogP contribution is 2.43. The summed E-state index contributed by atoms with van der Waals surface area (Å²) in [5, 5.41) is 24.3. The molecule has 9 nitrogen and oxygen atoms in total. The molecule has 0 amide bonds. The van der Waals surface area contributed by atoms with Crippen LogP contribution >= 0.6 is 0 Å². The highest BCUT2D eigenvalue weighted by atomic mass is 16.7. The van der Waals surface area contributed by atoms with Crippen LogP contribution in [0.1, 0.15) is 45.1 Å². The molecule has 0 bridgehead atoms. The van der Waals surface area contributed by atoms with Crippen molar-refractivity contribution in [2.45, 2.75) is 45.3 Å². The number of nitro groups is 1. The summed E-state index contributed by atoms with van der Waals surface area (Å²) in [6.45, 7) is 5.26. The maximum atomic E-state index is 13.1.